The monoisotopic (exact) mass is 672 g/mol. The standard InChI is InChI=1S/C38H44N2O9/c1-23-22-40(37(44)39-35(23)43)36-33(48-30-13-9-8-12-29(30)47-4)31(41)32(49-36)34(42)38(24-10-6-5-7-11-24,25-14-18-27(45-2)19-15-25)26-16-20-28(46-3)21-17-26/h5-7,10-11,14-22,29-34,36,41-42H,8-9,12-13H2,1-4H3,(H,39,43,44)/t29-,30-,31-,32+,33-,34?,36-/m1/s1. The number of aliphatic hydroxyl groups is 2. The predicted octanol–water partition coefficient (Wildman–Crippen LogP) is 3.86. The van der Waals surface area contributed by atoms with Gasteiger partial charge in [0.05, 0.1) is 31.8 Å². The molecule has 1 aliphatic carbocycles. The van der Waals surface area contributed by atoms with E-state index in [0.717, 1.165) is 24.8 Å². The summed E-state index contributed by atoms with van der Waals surface area (Å²) in [6.45, 7) is 1.58. The first-order chi connectivity index (χ1) is 23.7. The number of aliphatic hydroxyl groups excluding tert-OH is 2. The Morgan fingerprint density at radius 3 is 1.94 bits per heavy atom. The molecule has 2 aliphatic rings. The Labute approximate surface area is 285 Å². The van der Waals surface area contributed by atoms with Gasteiger partial charge in [0.2, 0.25) is 0 Å². The summed E-state index contributed by atoms with van der Waals surface area (Å²) < 4.78 is 31.2. The van der Waals surface area contributed by atoms with Crippen molar-refractivity contribution in [1.29, 1.82) is 0 Å². The summed E-state index contributed by atoms with van der Waals surface area (Å²) in [7, 11) is 4.80. The molecule has 2 heterocycles. The normalized spacial score (nSPS) is 24.8. The fourth-order valence-corrected chi connectivity index (χ4v) is 7.44. The van der Waals surface area contributed by atoms with Crippen LogP contribution >= 0.6 is 0 Å². The van der Waals surface area contributed by atoms with Crippen molar-refractivity contribution in [3.63, 3.8) is 0 Å². The van der Waals surface area contributed by atoms with Crippen LogP contribution in [0.25, 0.3) is 0 Å². The molecule has 0 amide bonds. The number of ether oxygens (including phenoxy) is 5. The summed E-state index contributed by atoms with van der Waals surface area (Å²) >= 11 is 0. The van der Waals surface area contributed by atoms with Gasteiger partial charge in [-0.25, -0.2) is 4.79 Å². The molecule has 2 fully saturated rings. The van der Waals surface area contributed by atoms with Gasteiger partial charge in [-0.2, -0.15) is 0 Å². The Morgan fingerprint density at radius 1 is 0.837 bits per heavy atom. The first-order valence-electron chi connectivity index (χ1n) is 16.6. The van der Waals surface area contributed by atoms with Gasteiger partial charge in [-0.3, -0.25) is 14.3 Å². The highest BCUT2D eigenvalue weighted by Gasteiger charge is 2.56. The third-order valence-electron chi connectivity index (χ3n) is 10.0. The number of H-pyrrole nitrogens is 1. The molecule has 260 valence electrons. The SMILES string of the molecule is COc1ccc(C(c2ccccc2)(c2ccc(OC)cc2)C(O)[C@H]2O[C@@H](n3cc(C)c(=O)[nH]c3=O)[C@H](O[C@@H]3CCCC[C@H]3OC)[C@@H]2O)cc1. The molecule has 7 atom stereocenters. The van der Waals surface area contributed by atoms with Gasteiger partial charge in [0.15, 0.2) is 6.23 Å². The van der Waals surface area contributed by atoms with Crippen molar-refractivity contribution in [1.82, 2.24) is 9.55 Å². The lowest BCUT2D eigenvalue weighted by molar-refractivity contribution is -0.150. The predicted molar refractivity (Wildman–Crippen MR) is 182 cm³/mol. The summed E-state index contributed by atoms with van der Waals surface area (Å²) in [5.41, 5.74) is -0.126. The van der Waals surface area contributed by atoms with Gasteiger partial charge < -0.3 is 33.9 Å². The molecule has 6 rings (SSSR count). The van der Waals surface area contributed by atoms with Crippen LogP contribution in [0.15, 0.2) is 94.6 Å². The molecule has 49 heavy (non-hydrogen) atoms. The van der Waals surface area contributed by atoms with Crippen LogP contribution < -0.4 is 20.7 Å². The molecule has 3 N–H and O–H groups in total. The second-order valence-electron chi connectivity index (χ2n) is 12.7. The van der Waals surface area contributed by atoms with Crippen molar-refractivity contribution in [2.24, 2.45) is 0 Å². The highest BCUT2D eigenvalue weighted by Crippen LogP contribution is 2.48. The first-order valence-corrected chi connectivity index (χ1v) is 16.6. The van der Waals surface area contributed by atoms with E-state index in [2.05, 4.69) is 4.98 Å². The Hall–Kier alpha value is -4.26. The van der Waals surface area contributed by atoms with Gasteiger partial charge in [0, 0.05) is 18.9 Å². The molecule has 0 spiro atoms. The Morgan fingerprint density at radius 2 is 1.39 bits per heavy atom. The maximum Gasteiger partial charge on any atom is 0.330 e. The molecule has 0 bridgehead atoms. The molecular weight excluding hydrogens is 628 g/mol. The number of nitrogens with one attached hydrogen (secondary N) is 1. The zero-order valence-corrected chi connectivity index (χ0v) is 28.2. The van der Waals surface area contributed by atoms with Crippen molar-refractivity contribution < 1.29 is 33.9 Å². The molecule has 1 aliphatic heterocycles. The number of methoxy groups -OCH3 is 3. The minimum absolute atomic E-state index is 0.221. The molecule has 3 aromatic carbocycles. The van der Waals surface area contributed by atoms with Gasteiger partial charge in [0.1, 0.15) is 35.9 Å². The van der Waals surface area contributed by atoms with E-state index in [-0.39, 0.29) is 17.8 Å². The Balaban J connectivity index is 1.53. The summed E-state index contributed by atoms with van der Waals surface area (Å²) in [4.78, 5) is 28.0. The molecule has 1 saturated heterocycles. The number of hydrogen-bond donors (Lipinski definition) is 3. The summed E-state index contributed by atoms with van der Waals surface area (Å²) in [6.07, 6.45) is -2.24. The molecule has 4 aromatic rings. The second-order valence-corrected chi connectivity index (χ2v) is 12.7. The summed E-state index contributed by atoms with van der Waals surface area (Å²) in [5, 5.41) is 25.2. The maximum absolute atomic E-state index is 13.3. The topological polar surface area (TPSA) is 141 Å². The van der Waals surface area contributed by atoms with Crippen LogP contribution in [-0.4, -0.2) is 77.7 Å². The smallest absolute Gasteiger partial charge is 0.330 e. The third-order valence-corrected chi connectivity index (χ3v) is 10.0. The van der Waals surface area contributed by atoms with Crippen molar-refractivity contribution in [2.45, 2.75) is 80.9 Å². The molecular formula is C38H44N2O9. The first kappa shape index (κ1) is 34.6. The van der Waals surface area contributed by atoms with E-state index in [1.165, 1.54) is 10.8 Å². The number of aryl methyl sites for hydroxylation is 1. The summed E-state index contributed by atoms with van der Waals surface area (Å²) in [5.74, 6) is 1.27. The van der Waals surface area contributed by atoms with Crippen LogP contribution in [0.2, 0.25) is 0 Å². The number of benzene rings is 3. The second kappa shape index (κ2) is 14.7. The van der Waals surface area contributed by atoms with Crippen molar-refractivity contribution >= 4 is 0 Å². The van der Waals surface area contributed by atoms with Gasteiger partial charge >= 0.3 is 5.69 Å². The largest absolute Gasteiger partial charge is 0.497 e. The van der Waals surface area contributed by atoms with Crippen molar-refractivity contribution in [3.8, 4) is 11.5 Å². The molecule has 11 heteroatoms. The average molecular weight is 673 g/mol. The van der Waals surface area contributed by atoms with E-state index in [9.17, 15) is 19.8 Å². The zero-order chi connectivity index (χ0) is 34.7. The lowest BCUT2D eigenvalue weighted by Gasteiger charge is -2.43. The number of aromatic nitrogens is 2. The average Bonchev–Trinajstić information content (AvgIpc) is 3.46. The zero-order valence-electron chi connectivity index (χ0n) is 28.2. The van der Waals surface area contributed by atoms with E-state index < -0.39 is 47.3 Å². The molecule has 0 radical (unpaired) electrons. The van der Waals surface area contributed by atoms with Crippen LogP contribution in [0.4, 0.5) is 0 Å². The van der Waals surface area contributed by atoms with Crippen LogP contribution in [0.3, 0.4) is 0 Å². The van der Waals surface area contributed by atoms with Crippen LogP contribution in [0, 0.1) is 6.92 Å². The molecule has 1 aromatic heterocycles. The Kier molecular flexibility index (Phi) is 10.4. The van der Waals surface area contributed by atoms with E-state index >= 15 is 0 Å². The third kappa shape index (κ3) is 6.44. The fraction of sp³-hybridized carbons (Fsp3) is 0.421. The molecule has 1 unspecified atom stereocenters. The number of hydrogen-bond acceptors (Lipinski definition) is 9. The lowest BCUT2D eigenvalue weighted by atomic mass is 9.64. The van der Waals surface area contributed by atoms with Gasteiger partial charge in [0.25, 0.3) is 5.56 Å². The number of rotatable bonds is 11. The highest BCUT2D eigenvalue weighted by atomic mass is 16.6. The Bertz CT molecular complexity index is 1760. The lowest BCUT2D eigenvalue weighted by Crippen LogP contribution is -2.53. The van der Waals surface area contributed by atoms with Crippen LogP contribution in [0.1, 0.15) is 54.2 Å². The van der Waals surface area contributed by atoms with Gasteiger partial charge in [-0.05, 0) is 60.7 Å². The van der Waals surface area contributed by atoms with Crippen molar-refractivity contribution in [2.75, 3.05) is 21.3 Å². The van der Waals surface area contributed by atoms with E-state index in [4.69, 9.17) is 23.7 Å². The quantitative estimate of drug-likeness (QED) is 0.203. The fourth-order valence-electron chi connectivity index (χ4n) is 7.44. The number of aromatic amines is 1. The van der Waals surface area contributed by atoms with Gasteiger partial charge in [-0.15, -0.1) is 0 Å². The summed E-state index contributed by atoms with van der Waals surface area (Å²) in [6, 6.07) is 24.3. The van der Waals surface area contributed by atoms with E-state index in [1.54, 1.807) is 28.3 Å². The van der Waals surface area contributed by atoms with Gasteiger partial charge in [-0.1, -0.05) is 67.4 Å². The van der Waals surface area contributed by atoms with Crippen molar-refractivity contribution in [3.05, 3.63) is 128 Å². The number of nitrogens with zero attached hydrogens (tertiary/aromatic N) is 1. The highest BCUT2D eigenvalue weighted by molar-refractivity contribution is 5.54. The van der Waals surface area contributed by atoms with E-state index in [0.29, 0.717) is 29.0 Å². The van der Waals surface area contributed by atoms with E-state index in [1.807, 2.05) is 78.9 Å². The molecule has 1 saturated carbocycles. The minimum Gasteiger partial charge on any atom is -0.497 e. The minimum atomic E-state index is -1.44. The maximum atomic E-state index is 13.3. The van der Waals surface area contributed by atoms with Crippen LogP contribution in [0.5, 0.6) is 11.5 Å². The van der Waals surface area contributed by atoms with Crippen LogP contribution in [-0.2, 0) is 19.6 Å². The molecule has 11 nitrogen and oxygen atoms in total.